The van der Waals surface area contributed by atoms with Crippen LogP contribution in [0.5, 0.6) is 0 Å². The first-order chi connectivity index (χ1) is 11.6. The molecule has 0 radical (unpaired) electrons. The van der Waals surface area contributed by atoms with Crippen LogP contribution < -0.4 is 10.6 Å². The van der Waals surface area contributed by atoms with Crippen LogP contribution in [0.25, 0.3) is 5.69 Å². The lowest BCUT2D eigenvalue weighted by Gasteiger charge is -2.17. The minimum Gasteiger partial charge on any atom is -0.383 e. The van der Waals surface area contributed by atoms with Crippen molar-refractivity contribution in [2.45, 2.75) is 26.4 Å². The summed E-state index contributed by atoms with van der Waals surface area (Å²) in [5.74, 6) is 0.382. The van der Waals surface area contributed by atoms with E-state index in [1.807, 2.05) is 19.9 Å². The summed E-state index contributed by atoms with van der Waals surface area (Å²) >= 11 is 0. The molecule has 0 aliphatic carbocycles. The molecule has 0 bridgehead atoms. The molecule has 1 atom stereocenters. The van der Waals surface area contributed by atoms with Crippen LogP contribution in [0, 0.1) is 5.82 Å². The van der Waals surface area contributed by atoms with Crippen LogP contribution in [0.2, 0.25) is 0 Å². The molecule has 0 aliphatic rings. The highest BCUT2D eigenvalue weighted by Gasteiger charge is 2.07. The fourth-order valence-corrected chi connectivity index (χ4v) is 2.28. The maximum atomic E-state index is 14.3. The second-order valence-electron chi connectivity index (χ2n) is 5.45. The van der Waals surface area contributed by atoms with E-state index < -0.39 is 0 Å². The second kappa shape index (κ2) is 9.02. The van der Waals surface area contributed by atoms with Crippen molar-refractivity contribution in [2.24, 2.45) is 4.99 Å². The van der Waals surface area contributed by atoms with E-state index in [2.05, 4.69) is 20.6 Å². The van der Waals surface area contributed by atoms with Gasteiger partial charge in [-0.15, -0.1) is 0 Å². The van der Waals surface area contributed by atoms with Crippen LogP contribution in [0.3, 0.4) is 0 Å². The fourth-order valence-electron chi connectivity index (χ4n) is 2.28. The Bertz CT molecular complexity index is 657. The summed E-state index contributed by atoms with van der Waals surface area (Å²) in [6.45, 7) is 5.72. The number of rotatable bonds is 7. The molecule has 1 heterocycles. The lowest BCUT2D eigenvalue weighted by molar-refractivity contribution is 0.179. The van der Waals surface area contributed by atoms with E-state index in [0.29, 0.717) is 24.8 Å². The predicted molar refractivity (Wildman–Crippen MR) is 92.8 cm³/mol. The predicted octanol–water partition coefficient (Wildman–Crippen LogP) is 2.10. The Morgan fingerprint density at radius 2 is 2.29 bits per heavy atom. The molecule has 1 aromatic heterocycles. The average Bonchev–Trinajstić information content (AvgIpc) is 3.07. The zero-order valence-corrected chi connectivity index (χ0v) is 14.3. The van der Waals surface area contributed by atoms with E-state index in [0.717, 1.165) is 12.1 Å². The fraction of sp³-hybridized carbons (Fsp3) is 0.412. The molecule has 0 saturated heterocycles. The standard InChI is InChI=1S/C17H24FN5O/c1-4-20-17(22-13(2)11-24-3)21-10-14-5-6-16(15(18)9-14)23-8-7-19-12-23/h5-9,12-13H,4,10-11H2,1-3H3,(H2,20,21,22). The van der Waals surface area contributed by atoms with E-state index in [1.54, 1.807) is 36.5 Å². The Hall–Kier alpha value is -2.41. The number of ether oxygens (including phenoxy) is 1. The molecule has 0 amide bonds. The van der Waals surface area contributed by atoms with Crippen molar-refractivity contribution in [2.75, 3.05) is 20.3 Å². The van der Waals surface area contributed by atoms with Gasteiger partial charge in [0.2, 0.25) is 0 Å². The summed E-state index contributed by atoms with van der Waals surface area (Å²) in [6.07, 6.45) is 4.90. The van der Waals surface area contributed by atoms with Crippen molar-refractivity contribution in [3.8, 4) is 5.69 Å². The topological polar surface area (TPSA) is 63.5 Å². The number of hydrogen-bond acceptors (Lipinski definition) is 3. The number of aliphatic imine (C=N–C) groups is 1. The molecule has 2 rings (SSSR count). The molecule has 7 heteroatoms. The first kappa shape index (κ1) is 17.9. The van der Waals surface area contributed by atoms with Crippen LogP contribution in [0.1, 0.15) is 19.4 Å². The number of guanidine groups is 1. The van der Waals surface area contributed by atoms with E-state index in [1.165, 1.54) is 6.07 Å². The zero-order valence-electron chi connectivity index (χ0n) is 14.3. The van der Waals surface area contributed by atoms with Gasteiger partial charge in [0, 0.05) is 32.1 Å². The number of imidazole rings is 1. The van der Waals surface area contributed by atoms with Gasteiger partial charge in [0.05, 0.1) is 25.2 Å². The molecule has 0 saturated carbocycles. The van der Waals surface area contributed by atoms with Crippen LogP contribution in [0.15, 0.2) is 41.9 Å². The van der Waals surface area contributed by atoms with Crippen LogP contribution in [-0.2, 0) is 11.3 Å². The number of nitrogens with zero attached hydrogens (tertiary/aromatic N) is 3. The van der Waals surface area contributed by atoms with Gasteiger partial charge in [-0.3, -0.25) is 0 Å². The van der Waals surface area contributed by atoms with Crippen molar-refractivity contribution in [3.63, 3.8) is 0 Å². The quantitative estimate of drug-likeness (QED) is 0.602. The Morgan fingerprint density at radius 3 is 2.92 bits per heavy atom. The first-order valence-electron chi connectivity index (χ1n) is 7.94. The van der Waals surface area contributed by atoms with E-state index in [4.69, 9.17) is 4.74 Å². The molecule has 1 aromatic carbocycles. The number of methoxy groups -OCH3 is 1. The third-order valence-corrected chi connectivity index (χ3v) is 3.36. The Morgan fingerprint density at radius 1 is 1.46 bits per heavy atom. The SMILES string of the molecule is CCNC(=NCc1ccc(-n2ccnc2)c(F)c1)NC(C)COC. The van der Waals surface area contributed by atoms with E-state index in [-0.39, 0.29) is 11.9 Å². The first-order valence-corrected chi connectivity index (χ1v) is 7.94. The largest absolute Gasteiger partial charge is 0.383 e. The average molecular weight is 333 g/mol. The van der Waals surface area contributed by atoms with Gasteiger partial charge in [0.25, 0.3) is 0 Å². The monoisotopic (exact) mass is 333 g/mol. The van der Waals surface area contributed by atoms with Crippen molar-refractivity contribution >= 4 is 5.96 Å². The van der Waals surface area contributed by atoms with Crippen LogP contribution in [0.4, 0.5) is 4.39 Å². The number of benzene rings is 1. The van der Waals surface area contributed by atoms with Gasteiger partial charge >= 0.3 is 0 Å². The minimum atomic E-state index is -0.300. The Balaban J connectivity index is 2.06. The number of nitrogens with one attached hydrogen (secondary N) is 2. The molecule has 6 nitrogen and oxygen atoms in total. The van der Waals surface area contributed by atoms with Crippen molar-refractivity contribution in [3.05, 3.63) is 48.3 Å². The van der Waals surface area contributed by atoms with Gasteiger partial charge < -0.3 is 19.9 Å². The lowest BCUT2D eigenvalue weighted by atomic mass is 10.2. The number of hydrogen-bond donors (Lipinski definition) is 2. The van der Waals surface area contributed by atoms with Gasteiger partial charge in [-0.1, -0.05) is 6.07 Å². The highest BCUT2D eigenvalue weighted by molar-refractivity contribution is 5.80. The van der Waals surface area contributed by atoms with Crippen molar-refractivity contribution < 1.29 is 9.13 Å². The normalized spacial score (nSPS) is 12.9. The Labute approximate surface area is 141 Å². The summed E-state index contributed by atoms with van der Waals surface area (Å²) < 4.78 is 21.0. The molecular formula is C17H24FN5O. The van der Waals surface area contributed by atoms with E-state index in [9.17, 15) is 4.39 Å². The van der Waals surface area contributed by atoms with Gasteiger partial charge in [-0.05, 0) is 31.5 Å². The summed E-state index contributed by atoms with van der Waals surface area (Å²) in [4.78, 5) is 8.42. The summed E-state index contributed by atoms with van der Waals surface area (Å²) in [7, 11) is 1.66. The number of aromatic nitrogens is 2. The third-order valence-electron chi connectivity index (χ3n) is 3.36. The molecule has 0 aliphatic heterocycles. The molecule has 0 fully saturated rings. The molecule has 130 valence electrons. The maximum absolute atomic E-state index is 14.3. The third kappa shape index (κ3) is 5.06. The van der Waals surface area contributed by atoms with Crippen LogP contribution in [-0.4, -0.2) is 41.8 Å². The minimum absolute atomic E-state index is 0.133. The highest BCUT2D eigenvalue weighted by atomic mass is 19.1. The van der Waals surface area contributed by atoms with Gasteiger partial charge in [-0.25, -0.2) is 14.4 Å². The van der Waals surface area contributed by atoms with Crippen molar-refractivity contribution in [1.29, 1.82) is 0 Å². The highest BCUT2D eigenvalue weighted by Crippen LogP contribution is 2.15. The zero-order chi connectivity index (χ0) is 17.4. The second-order valence-corrected chi connectivity index (χ2v) is 5.45. The summed E-state index contributed by atoms with van der Waals surface area (Å²) in [5.41, 5.74) is 1.27. The molecule has 24 heavy (non-hydrogen) atoms. The van der Waals surface area contributed by atoms with Gasteiger partial charge in [0.15, 0.2) is 5.96 Å². The Kier molecular flexibility index (Phi) is 6.74. The van der Waals surface area contributed by atoms with Crippen molar-refractivity contribution in [1.82, 2.24) is 20.2 Å². The summed E-state index contributed by atoms with van der Waals surface area (Å²) in [6, 6.07) is 5.23. The maximum Gasteiger partial charge on any atom is 0.191 e. The number of halogens is 1. The summed E-state index contributed by atoms with van der Waals surface area (Å²) in [5, 5.41) is 6.41. The molecule has 2 N–H and O–H groups in total. The molecule has 1 unspecified atom stereocenters. The van der Waals surface area contributed by atoms with Crippen LogP contribution >= 0.6 is 0 Å². The van der Waals surface area contributed by atoms with Gasteiger partial charge in [-0.2, -0.15) is 0 Å². The van der Waals surface area contributed by atoms with Gasteiger partial charge in [0.1, 0.15) is 5.82 Å². The molecular weight excluding hydrogens is 309 g/mol. The molecule has 2 aromatic rings. The lowest BCUT2D eigenvalue weighted by Crippen LogP contribution is -2.43. The van der Waals surface area contributed by atoms with E-state index >= 15 is 0 Å². The molecule has 0 spiro atoms. The smallest absolute Gasteiger partial charge is 0.191 e.